The van der Waals surface area contributed by atoms with E-state index in [0.717, 1.165) is 25.9 Å². The normalized spacial score (nSPS) is 17.8. The highest BCUT2D eigenvalue weighted by molar-refractivity contribution is 7.89. The van der Waals surface area contributed by atoms with Gasteiger partial charge in [0.25, 0.3) is 15.9 Å². The Kier molecular flexibility index (Phi) is 7.13. The maximum Gasteiger partial charge on any atom is 0.262 e. The van der Waals surface area contributed by atoms with E-state index < -0.39 is 10.0 Å². The van der Waals surface area contributed by atoms with Crippen molar-refractivity contribution in [3.63, 3.8) is 0 Å². The summed E-state index contributed by atoms with van der Waals surface area (Å²) in [6, 6.07) is 5.45. The first-order valence-electron chi connectivity index (χ1n) is 8.54. The van der Waals surface area contributed by atoms with Crippen molar-refractivity contribution in [3.05, 3.63) is 29.8 Å². The standard InChI is InChI=1S/C17H25N3O5S/c1-13-4-3-11-20(12-13)16(21)9-10-18-17(22)14-5-7-15(8-6-14)26(23,24)19-25-2/h5-8,13,19H,3-4,9-12H2,1-2H3,(H,18,22). The van der Waals surface area contributed by atoms with Gasteiger partial charge in [0.1, 0.15) is 0 Å². The van der Waals surface area contributed by atoms with Crippen LogP contribution >= 0.6 is 0 Å². The first-order chi connectivity index (χ1) is 12.3. The number of hydrogen-bond donors (Lipinski definition) is 2. The Bertz CT molecular complexity index is 733. The number of benzene rings is 1. The van der Waals surface area contributed by atoms with Gasteiger partial charge in [-0.25, -0.2) is 8.42 Å². The number of carbonyl (C=O) groups excluding carboxylic acids is 2. The molecular formula is C17H25N3O5S. The summed E-state index contributed by atoms with van der Waals surface area (Å²) in [6.45, 7) is 3.93. The van der Waals surface area contributed by atoms with Crippen LogP contribution in [0.25, 0.3) is 0 Å². The summed E-state index contributed by atoms with van der Waals surface area (Å²) in [6.07, 6.45) is 2.42. The van der Waals surface area contributed by atoms with Gasteiger partial charge >= 0.3 is 0 Å². The Morgan fingerprint density at radius 3 is 2.58 bits per heavy atom. The molecule has 1 aromatic carbocycles. The summed E-state index contributed by atoms with van der Waals surface area (Å²) in [7, 11) is -2.55. The Balaban J connectivity index is 1.83. The predicted octanol–water partition coefficient (Wildman–Crippen LogP) is 0.905. The molecule has 2 amide bonds. The summed E-state index contributed by atoms with van der Waals surface area (Å²) in [5, 5.41) is 2.69. The van der Waals surface area contributed by atoms with Crippen molar-refractivity contribution in [3.8, 4) is 0 Å². The molecule has 0 aliphatic carbocycles. The summed E-state index contributed by atoms with van der Waals surface area (Å²) in [4.78, 5) is 32.4. The van der Waals surface area contributed by atoms with Crippen LogP contribution in [0, 0.1) is 5.92 Å². The highest BCUT2D eigenvalue weighted by atomic mass is 32.2. The molecule has 1 saturated heterocycles. The molecule has 1 fully saturated rings. The highest BCUT2D eigenvalue weighted by Gasteiger charge is 2.20. The molecule has 0 spiro atoms. The number of nitrogens with one attached hydrogen (secondary N) is 2. The van der Waals surface area contributed by atoms with Gasteiger partial charge in [0.05, 0.1) is 12.0 Å². The minimum atomic E-state index is -3.75. The molecule has 1 aliphatic heterocycles. The van der Waals surface area contributed by atoms with Gasteiger partial charge in [-0.1, -0.05) is 11.8 Å². The molecule has 8 nitrogen and oxygen atoms in total. The molecule has 1 atom stereocenters. The second kappa shape index (κ2) is 9.11. The zero-order valence-electron chi connectivity index (χ0n) is 15.0. The van der Waals surface area contributed by atoms with Gasteiger partial charge in [-0.3, -0.25) is 14.4 Å². The third kappa shape index (κ3) is 5.52. The number of piperidine rings is 1. The number of sulfonamides is 1. The molecule has 0 aromatic heterocycles. The minimum absolute atomic E-state index is 0.00899. The predicted molar refractivity (Wildman–Crippen MR) is 95.7 cm³/mol. The molecule has 2 N–H and O–H groups in total. The van der Waals surface area contributed by atoms with Crippen molar-refractivity contribution in [2.24, 2.45) is 5.92 Å². The number of carbonyl (C=O) groups is 2. The van der Waals surface area contributed by atoms with E-state index in [4.69, 9.17) is 0 Å². The quantitative estimate of drug-likeness (QED) is 0.681. The number of rotatable bonds is 7. The van der Waals surface area contributed by atoms with E-state index in [1.165, 1.54) is 31.4 Å². The third-order valence-corrected chi connectivity index (χ3v) is 5.53. The van der Waals surface area contributed by atoms with Crippen LogP contribution < -0.4 is 10.2 Å². The van der Waals surface area contributed by atoms with E-state index in [2.05, 4.69) is 17.1 Å². The number of hydrogen-bond acceptors (Lipinski definition) is 5. The Labute approximate surface area is 153 Å². The molecule has 1 unspecified atom stereocenters. The second-order valence-corrected chi connectivity index (χ2v) is 8.05. The molecule has 1 aromatic rings. The lowest BCUT2D eigenvalue weighted by Crippen LogP contribution is -2.40. The van der Waals surface area contributed by atoms with Crippen LogP contribution in [-0.4, -0.2) is 51.9 Å². The van der Waals surface area contributed by atoms with Crippen LogP contribution in [0.5, 0.6) is 0 Å². The fourth-order valence-electron chi connectivity index (χ4n) is 2.90. The zero-order chi connectivity index (χ0) is 19.2. The first-order valence-corrected chi connectivity index (χ1v) is 10.0. The van der Waals surface area contributed by atoms with Gasteiger partial charge < -0.3 is 10.2 Å². The molecule has 144 valence electrons. The van der Waals surface area contributed by atoms with Crippen LogP contribution in [0.1, 0.15) is 36.5 Å². The number of nitrogens with zero attached hydrogens (tertiary/aromatic N) is 1. The van der Waals surface area contributed by atoms with E-state index in [9.17, 15) is 18.0 Å². The monoisotopic (exact) mass is 383 g/mol. The van der Waals surface area contributed by atoms with Gasteiger partial charge in [0, 0.05) is 31.6 Å². The average Bonchev–Trinajstić information content (AvgIpc) is 2.61. The molecule has 0 saturated carbocycles. The lowest BCUT2D eigenvalue weighted by Gasteiger charge is -2.31. The van der Waals surface area contributed by atoms with E-state index in [1.54, 1.807) is 0 Å². The van der Waals surface area contributed by atoms with Crippen LogP contribution in [-0.2, 0) is 19.7 Å². The smallest absolute Gasteiger partial charge is 0.262 e. The van der Waals surface area contributed by atoms with Crippen molar-refractivity contribution in [2.45, 2.75) is 31.1 Å². The van der Waals surface area contributed by atoms with Crippen LogP contribution in [0.4, 0.5) is 0 Å². The summed E-state index contributed by atoms with van der Waals surface area (Å²) in [5.41, 5.74) is 0.320. The second-order valence-electron chi connectivity index (χ2n) is 6.41. The zero-order valence-corrected chi connectivity index (χ0v) is 15.8. The van der Waals surface area contributed by atoms with E-state index in [1.807, 2.05) is 9.79 Å². The van der Waals surface area contributed by atoms with Crippen LogP contribution in [0.2, 0.25) is 0 Å². The van der Waals surface area contributed by atoms with Gasteiger partial charge in [0.15, 0.2) is 0 Å². The number of likely N-dealkylation sites (tertiary alicyclic amines) is 1. The lowest BCUT2D eigenvalue weighted by molar-refractivity contribution is -0.132. The topological polar surface area (TPSA) is 105 Å². The van der Waals surface area contributed by atoms with Crippen LogP contribution in [0.3, 0.4) is 0 Å². The van der Waals surface area contributed by atoms with Gasteiger partial charge in [-0.05, 0) is 43.0 Å². The molecule has 2 rings (SSSR count). The largest absolute Gasteiger partial charge is 0.352 e. The van der Waals surface area contributed by atoms with Crippen molar-refractivity contribution < 1.29 is 22.8 Å². The first kappa shape index (κ1) is 20.3. The molecule has 0 bridgehead atoms. The summed E-state index contributed by atoms with van der Waals surface area (Å²) >= 11 is 0. The molecule has 0 radical (unpaired) electrons. The van der Waals surface area contributed by atoms with E-state index in [-0.39, 0.29) is 29.7 Å². The fraction of sp³-hybridized carbons (Fsp3) is 0.529. The maximum absolute atomic E-state index is 12.2. The van der Waals surface area contributed by atoms with Crippen molar-refractivity contribution >= 4 is 21.8 Å². The minimum Gasteiger partial charge on any atom is -0.352 e. The van der Waals surface area contributed by atoms with Crippen molar-refractivity contribution in [2.75, 3.05) is 26.7 Å². The molecular weight excluding hydrogens is 358 g/mol. The van der Waals surface area contributed by atoms with Gasteiger partial charge in [0.2, 0.25) is 5.91 Å². The van der Waals surface area contributed by atoms with Gasteiger partial charge in [-0.15, -0.1) is 0 Å². The summed E-state index contributed by atoms with van der Waals surface area (Å²) in [5.74, 6) is 0.210. The highest BCUT2D eigenvalue weighted by Crippen LogP contribution is 2.16. The molecule has 1 heterocycles. The Morgan fingerprint density at radius 2 is 1.96 bits per heavy atom. The maximum atomic E-state index is 12.2. The fourth-order valence-corrected chi connectivity index (χ4v) is 3.71. The van der Waals surface area contributed by atoms with E-state index >= 15 is 0 Å². The van der Waals surface area contributed by atoms with Gasteiger partial charge in [-0.2, -0.15) is 0 Å². The Morgan fingerprint density at radius 1 is 1.27 bits per heavy atom. The van der Waals surface area contributed by atoms with Crippen molar-refractivity contribution in [1.82, 2.24) is 15.1 Å². The third-order valence-electron chi connectivity index (χ3n) is 4.25. The van der Waals surface area contributed by atoms with Crippen LogP contribution in [0.15, 0.2) is 29.2 Å². The lowest BCUT2D eigenvalue weighted by atomic mass is 10.00. The number of amides is 2. The molecule has 26 heavy (non-hydrogen) atoms. The molecule has 1 aliphatic rings. The SMILES string of the molecule is CONS(=O)(=O)c1ccc(C(=O)NCCC(=O)N2CCCC(C)C2)cc1. The van der Waals surface area contributed by atoms with Crippen molar-refractivity contribution in [1.29, 1.82) is 0 Å². The average molecular weight is 383 g/mol. The Hall–Kier alpha value is -1.97. The van der Waals surface area contributed by atoms with E-state index in [0.29, 0.717) is 11.5 Å². The molecule has 9 heteroatoms. The summed E-state index contributed by atoms with van der Waals surface area (Å²) < 4.78 is 23.5.